The van der Waals surface area contributed by atoms with E-state index in [1.165, 1.54) is 24.2 Å². The van der Waals surface area contributed by atoms with Crippen LogP contribution < -0.4 is 5.32 Å². The van der Waals surface area contributed by atoms with Crippen molar-refractivity contribution in [1.82, 2.24) is 5.32 Å². The molecule has 82 valence electrons. The highest BCUT2D eigenvalue weighted by Gasteiger charge is 2.36. The molecule has 0 aromatic carbocycles. The molecule has 1 aliphatic rings. The van der Waals surface area contributed by atoms with Gasteiger partial charge in [-0.3, -0.25) is 10.1 Å². The van der Waals surface area contributed by atoms with Crippen molar-refractivity contribution in [1.29, 1.82) is 0 Å². The van der Waals surface area contributed by atoms with Gasteiger partial charge in [-0.2, -0.15) is 0 Å². The molecule has 0 saturated heterocycles. The monoisotopic (exact) mass is 226 g/mol. The van der Waals surface area contributed by atoms with E-state index in [0.717, 1.165) is 18.7 Å². The van der Waals surface area contributed by atoms with Crippen LogP contribution in [0.5, 0.6) is 0 Å². The molecule has 1 aromatic heterocycles. The molecular weight excluding hydrogens is 212 g/mol. The van der Waals surface area contributed by atoms with Gasteiger partial charge >= 0.3 is 5.00 Å². The minimum atomic E-state index is -0.337. The summed E-state index contributed by atoms with van der Waals surface area (Å²) in [6.07, 6.45) is 2.59. The van der Waals surface area contributed by atoms with E-state index in [1.54, 1.807) is 6.07 Å². The fraction of sp³-hybridized carbons (Fsp3) is 0.600. The highest BCUT2D eigenvalue weighted by Crippen LogP contribution is 2.44. The van der Waals surface area contributed by atoms with Gasteiger partial charge < -0.3 is 5.32 Å². The van der Waals surface area contributed by atoms with Gasteiger partial charge in [0.25, 0.3) is 0 Å². The first-order chi connectivity index (χ1) is 7.09. The van der Waals surface area contributed by atoms with Crippen LogP contribution in [0, 0.1) is 15.5 Å². The van der Waals surface area contributed by atoms with Crippen LogP contribution in [0.4, 0.5) is 5.00 Å². The Morgan fingerprint density at radius 1 is 1.67 bits per heavy atom. The molecule has 1 N–H and O–H groups in total. The van der Waals surface area contributed by atoms with E-state index in [4.69, 9.17) is 0 Å². The van der Waals surface area contributed by atoms with E-state index >= 15 is 0 Å². The van der Waals surface area contributed by atoms with Gasteiger partial charge in [-0.1, -0.05) is 18.3 Å². The molecule has 1 aliphatic carbocycles. The van der Waals surface area contributed by atoms with Crippen LogP contribution >= 0.6 is 11.3 Å². The Kier molecular flexibility index (Phi) is 2.75. The molecule has 0 bridgehead atoms. The molecule has 2 rings (SSSR count). The van der Waals surface area contributed by atoms with E-state index in [-0.39, 0.29) is 9.92 Å². The van der Waals surface area contributed by atoms with Crippen molar-refractivity contribution < 1.29 is 4.92 Å². The first-order valence-corrected chi connectivity index (χ1v) is 5.90. The minimum Gasteiger partial charge on any atom is -0.312 e. The number of nitro groups is 1. The third-order valence-corrected chi connectivity index (χ3v) is 3.73. The van der Waals surface area contributed by atoms with E-state index in [1.807, 2.05) is 5.38 Å². The quantitative estimate of drug-likeness (QED) is 0.620. The molecule has 15 heavy (non-hydrogen) atoms. The molecule has 1 heterocycles. The van der Waals surface area contributed by atoms with Gasteiger partial charge in [0.15, 0.2) is 0 Å². The summed E-state index contributed by atoms with van der Waals surface area (Å²) in [5.74, 6) is 0. The summed E-state index contributed by atoms with van der Waals surface area (Å²) >= 11 is 1.19. The second kappa shape index (κ2) is 3.90. The molecule has 0 amide bonds. The number of hydrogen-bond acceptors (Lipinski definition) is 4. The summed E-state index contributed by atoms with van der Waals surface area (Å²) in [6, 6.07) is 1.65. The summed E-state index contributed by atoms with van der Waals surface area (Å²) in [5.41, 5.74) is 1.50. The minimum absolute atomic E-state index is 0.226. The Hall–Kier alpha value is -0.940. The fourth-order valence-corrected chi connectivity index (χ4v) is 2.18. The number of nitrogens with zero attached hydrogens (tertiary/aromatic N) is 1. The Morgan fingerprint density at radius 3 is 2.93 bits per heavy atom. The first-order valence-electron chi connectivity index (χ1n) is 5.02. The van der Waals surface area contributed by atoms with E-state index < -0.39 is 0 Å². The van der Waals surface area contributed by atoms with E-state index in [0.29, 0.717) is 5.41 Å². The van der Waals surface area contributed by atoms with Crippen molar-refractivity contribution in [3.8, 4) is 0 Å². The normalized spacial score (nSPS) is 17.7. The zero-order valence-electron chi connectivity index (χ0n) is 8.66. The summed E-state index contributed by atoms with van der Waals surface area (Å²) in [7, 11) is 0. The van der Waals surface area contributed by atoms with Crippen LogP contribution in [0.3, 0.4) is 0 Å². The molecule has 1 fully saturated rings. The zero-order chi connectivity index (χ0) is 10.9. The summed E-state index contributed by atoms with van der Waals surface area (Å²) in [6.45, 7) is 4.01. The Balaban J connectivity index is 1.80. The third kappa shape index (κ3) is 2.76. The molecular formula is C10H14N2O2S. The number of hydrogen-bond donors (Lipinski definition) is 1. The molecule has 0 unspecified atom stereocenters. The number of rotatable bonds is 5. The van der Waals surface area contributed by atoms with Crippen molar-refractivity contribution in [2.75, 3.05) is 6.54 Å². The largest absolute Gasteiger partial charge is 0.324 e. The number of nitrogens with one attached hydrogen (secondary N) is 1. The maximum absolute atomic E-state index is 10.5. The molecule has 0 radical (unpaired) electrons. The van der Waals surface area contributed by atoms with Crippen molar-refractivity contribution >= 4 is 16.3 Å². The Morgan fingerprint density at radius 2 is 2.40 bits per heavy atom. The second-order valence-electron chi connectivity index (χ2n) is 4.46. The maximum atomic E-state index is 10.5. The van der Waals surface area contributed by atoms with Crippen molar-refractivity contribution in [2.45, 2.75) is 26.3 Å². The lowest BCUT2D eigenvalue weighted by molar-refractivity contribution is -0.380. The van der Waals surface area contributed by atoms with Crippen LogP contribution in [0.15, 0.2) is 11.4 Å². The third-order valence-electron chi connectivity index (χ3n) is 2.80. The molecule has 1 aromatic rings. The lowest BCUT2D eigenvalue weighted by Gasteiger charge is -2.08. The van der Waals surface area contributed by atoms with Gasteiger partial charge in [0.1, 0.15) is 0 Å². The van der Waals surface area contributed by atoms with Crippen LogP contribution in [-0.4, -0.2) is 11.5 Å². The van der Waals surface area contributed by atoms with Crippen molar-refractivity contribution in [2.24, 2.45) is 5.41 Å². The van der Waals surface area contributed by atoms with Gasteiger partial charge in [-0.25, -0.2) is 0 Å². The van der Waals surface area contributed by atoms with Crippen LogP contribution in [0.25, 0.3) is 0 Å². The second-order valence-corrected chi connectivity index (χ2v) is 5.35. The number of thiophene rings is 1. The predicted molar refractivity (Wildman–Crippen MR) is 60.0 cm³/mol. The average Bonchev–Trinajstić information content (AvgIpc) is 2.74. The topological polar surface area (TPSA) is 55.2 Å². The summed E-state index contributed by atoms with van der Waals surface area (Å²) in [4.78, 5) is 10.1. The zero-order valence-corrected chi connectivity index (χ0v) is 9.47. The van der Waals surface area contributed by atoms with Gasteiger partial charge in [-0.15, -0.1) is 0 Å². The van der Waals surface area contributed by atoms with Gasteiger partial charge in [0.2, 0.25) is 0 Å². The van der Waals surface area contributed by atoms with Crippen LogP contribution in [-0.2, 0) is 6.54 Å². The SMILES string of the molecule is CC1(CNCc2csc([N+](=O)[O-])c2)CC1. The Bertz CT molecular complexity index is 371. The standard InChI is InChI=1S/C10H14N2O2S/c1-10(2-3-10)7-11-5-8-4-9(12(13)14)15-6-8/h4,6,11H,2-3,5,7H2,1H3. The van der Waals surface area contributed by atoms with Gasteiger partial charge in [-0.05, 0) is 23.8 Å². The molecule has 1 saturated carbocycles. The highest BCUT2D eigenvalue weighted by molar-refractivity contribution is 7.13. The highest BCUT2D eigenvalue weighted by atomic mass is 32.1. The lowest BCUT2D eigenvalue weighted by atomic mass is 10.1. The first kappa shape index (κ1) is 10.6. The fourth-order valence-electron chi connectivity index (χ4n) is 1.45. The smallest absolute Gasteiger partial charge is 0.312 e. The Labute approximate surface area is 92.5 Å². The molecule has 4 nitrogen and oxygen atoms in total. The van der Waals surface area contributed by atoms with Crippen molar-refractivity contribution in [3.63, 3.8) is 0 Å². The van der Waals surface area contributed by atoms with Crippen LogP contribution in [0.2, 0.25) is 0 Å². The van der Waals surface area contributed by atoms with Crippen molar-refractivity contribution in [3.05, 3.63) is 27.1 Å². The molecule has 0 atom stereocenters. The van der Waals surface area contributed by atoms with Gasteiger partial charge in [0.05, 0.1) is 4.92 Å². The van der Waals surface area contributed by atoms with E-state index in [9.17, 15) is 10.1 Å². The molecule has 0 spiro atoms. The summed E-state index contributed by atoms with van der Waals surface area (Å²) in [5, 5.41) is 15.9. The average molecular weight is 226 g/mol. The maximum Gasteiger partial charge on any atom is 0.324 e. The lowest BCUT2D eigenvalue weighted by Crippen LogP contribution is -2.21. The molecule has 5 heteroatoms. The van der Waals surface area contributed by atoms with Gasteiger partial charge in [0, 0.05) is 24.5 Å². The van der Waals surface area contributed by atoms with E-state index in [2.05, 4.69) is 12.2 Å². The van der Waals surface area contributed by atoms with Crippen LogP contribution in [0.1, 0.15) is 25.3 Å². The summed E-state index contributed by atoms with van der Waals surface area (Å²) < 4.78 is 0. The predicted octanol–water partition coefficient (Wildman–Crippen LogP) is 2.55. The molecule has 0 aliphatic heterocycles.